The normalized spacial score (nSPS) is 11.2. The first-order valence-electron chi connectivity index (χ1n) is 4.32. The van der Waals surface area contributed by atoms with E-state index in [1.54, 1.807) is 0 Å². The van der Waals surface area contributed by atoms with Gasteiger partial charge in [0, 0.05) is 17.0 Å². The molecule has 10 heteroatoms. The van der Waals surface area contributed by atoms with Crippen LogP contribution in [-0.2, 0) is 5.33 Å². The van der Waals surface area contributed by atoms with Crippen LogP contribution < -0.4 is 9.47 Å². The third-order valence-corrected chi connectivity index (χ3v) is 2.36. The van der Waals surface area contributed by atoms with Crippen molar-refractivity contribution >= 4 is 21.6 Å². The van der Waals surface area contributed by atoms with Crippen LogP contribution in [0.15, 0.2) is 6.07 Å². The van der Waals surface area contributed by atoms with Gasteiger partial charge in [-0.15, -0.1) is 13.2 Å². The van der Waals surface area contributed by atoms with Gasteiger partial charge in [0.25, 0.3) is 5.88 Å². The number of hydrogen-bond acceptors (Lipinski definition) is 5. The second kappa shape index (κ2) is 5.38. The smallest absolute Gasteiger partial charge is 0.476 e. The Morgan fingerprint density at radius 1 is 1.50 bits per heavy atom. The summed E-state index contributed by atoms with van der Waals surface area (Å²) in [4.78, 5) is 13.2. The van der Waals surface area contributed by atoms with Crippen LogP contribution in [0.2, 0.25) is 0 Å². The molecule has 1 rings (SSSR count). The molecular formula is C8H6BrF3N2O4. The molecule has 0 radical (unpaired) electrons. The summed E-state index contributed by atoms with van der Waals surface area (Å²) in [7, 11) is 1.06. The minimum atomic E-state index is -4.94. The lowest BCUT2D eigenvalue weighted by Gasteiger charge is -2.12. The number of rotatable bonds is 4. The highest BCUT2D eigenvalue weighted by Crippen LogP contribution is 2.34. The zero-order chi connectivity index (χ0) is 13.9. The van der Waals surface area contributed by atoms with E-state index in [1.807, 2.05) is 0 Å². The summed E-state index contributed by atoms with van der Waals surface area (Å²) in [6.07, 6.45) is -4.94. The molecule has 0 bridgehead atoms. The van der Waals surface area contributed by atoms with E-state index in [-0.39, 0.29) is 10.9 Å². The predicted molar refractivity (Wildman–Crippen MR) is 56.8 cm³/mol. The molecule has 0 N–H and O–H groups in total. The molecule has 0 aromatic carbocycles. The summed E-state index contributed by atoms with van der Waals surface area (Å²) in [5.74, 6) is -1.34. The largest absolute Gasteiger partial charge is 0.574 e. The van der Waals surface area contributed by atoms with Crippen molar-refractivity contribution in [2.75, 3.05) is 7.11 Å². The number of methoxy groups -OCH3 is 1. The van der Waals surface area contributed by atoms with Gasteiger partial charge in [0.2, 0.25) is 5.88 Å². The van der Waals surface area contributed by atoms with Crippen LogP contribution in [0.5, 0.6) is 11.8 Å². The SMILES string of the molecule is COc1nc(OC(F)(F)F)c(CBr)cc1[N+](=O)[O-]. The van der Waals surface area contributed by atoms with Gasteiger partial charge in [-0.1, -0.05) is 15.9 Å². The Morgan fingerprint density at radius 2 is 2.11 bits per heavy atom. The number of nitro groups is 1. The van der Waals surface area contributed by atoms with Gasteiger partial charge in [-0.25, -0.2) is 0 Å². The highest BCUT2D eigenvalue weighted by molar-refractivity contribution is 9.08. The maximum absolute atomic E-state index is 12.1. The van der Waals surface area contributed by atoms with E-state index >= 15 is 0 Å². The van der Waals surface area contributed by atoms with Crippen molar-refractivity contribution in [2.45, 2.75) is 11.7 Å². The molecule has 0 aliphatic rings. The standard InChI is InChI=1S/C8H6BrF3N2O4/c1-17-7-5(14(15)16)2-4(3-9)6(13-7)18-8(10,11)12/h2H,3H2,1H3. The van der Waals surface area contributed by atoms with E-state index in [0.717, 1.165) is 13.2 Å². The second-order valence-corrected chi connectivity index (χ2v) is 3.48. The first-order valence-corrected chi connectivity index (χ1v) is 5.44. The summed E-state index contributed by atoms with van der Waals surface area (Å²) in [5.41, 5.74) is -0.652. The zero-order valence-electron chi connectivity index (χ0n) is 8.82. The van der Waals surface area contributed by atoms with Crippen LogP contribution in [0, 0.1) is 10.1 Å². The van der Waals surface area contributed by atoms with Crippen LogP contribution in [0.3, 0.4) is 0 Å². The molecule has 0 saturated heterocycles. The Hall–Kier alpha value is -1.58. The van der Waals surface area contributed by atoms with Gasteiger partial charge in [-0.2, -0.15) is 4.98 Å². The molecule has 6 nitrogen and oxygen atoms in total. The second-order valence-electron chi connectivity index (χ2n) is 2.92. The van der Waals surface area contributed by atoms with Gasteiger partial charge in [0.15, 0.2) is 0 Å². The lowest BCUT2D eigenvalue weighted by atomic mass is 10.3. The number of aromatic nitrogens is 1. The number of halogens is 4. The van der Waals surface area contributed by atoms with E-state index in [1.165, 1.54) is 0 Å². The topological polar surface area (TPSA) is 74.5 Å². The van der Waals surface area contributed by atoms with Crippen molar-refractivity contribution in [3.63, 3.8) is 0 Å². The molecular weight excluding hydrogens is 325 g/mol. The molecule has 1 aromatic rings. The maximum atomic E-state index is 12.1. The van der Waals surface area contributed by atoms with Crippen LogP contribution in [0.25, 0.3) is 0 Å². The molecule has 0 aliphatic heterocycles. The minimum Gasteiger partial charge on any atom is -0.476 e. The van der Waals surface area contributed by atoms with Crippen LogP contribution in [-0.4, -0.2) is 23.4 Å². The molecule has 0 atom stereocenters. The van der Waals surface area contributed by atoms with Gasteiger partial charge in [0.05, 0.1) is 12.0 Å². The maximum Gasteiger partial charge on any atom is 0.574 e. The lowest BCUT2D eigenvalue weighted by molar-refractivity contribution is -0.386. The first kappa shape index (κ1) is 14.5. The van der Waals surface area contributed by atoms with E-state index < -0.39 is 28.7 Å². The molecule has 1 heterocycles. The van der Waals surface area contributed by atoms with Crippen LogP contribution in [0.4, 0.5) is 18.9 Å². The molecule has 0 spiro atoms. The number of ether oxygens (including phenoxy) is 2. The van der Waals surface area contributed by atoms with Crippen molar-refractivity contribution in [2.24, 2.45) is 0 Å². The summed E-state index contributed by atoms with van der Waals surface area (Å²) in [6.45, 7) is 0. The summed E-state index contributed by atoms with van der Waals surface area (Å²) in [5, 5.41) is 10.6. The Kier molecular flexibility index (Phi) is 4.33. The lowest BCUT2D eigenvalue weighted by Crippen LogP contribution is -2.19. The number of pyridine rings is 1. The summed E-state index contributed by atoms with van der Waals surface area (Å²) >= 11 is 2.89. The molecule has 0 fully saturated rings. The molecule has 1 aromatic heterocycles. The van der Waals surface area contributed by atoms with Gasteiger partial charge in [-0.3, -0.25) is 10.1 Å². The fraction of sp³-hybridized carbons (Fsp3) is 0.375. The molecule has 0 amide bonds. The quantitative estimate of drug-likeness (QED) is 0.482. The molecule has 18 heavy (non-hydrogen) atoms. The molecule has 0 aliphatic carbocycles. The third-order valence-electron chi connectivity index (χ3n) is 1.75. The number of alkyl halides is 4. The van der Waals surface area contributed by atoms with Gasteiger partial charge in [-0.05, 0) is 0 Å². The highest BCUT2D eigenvalue weighted by atomic mass is 79.9. The van der Waals surface area contributed by atoms with Crippen molar-refractivity contribution in [3.8, 4) is 11.8 Å². The first-order chi connectivity index (χ1) is 8.28. The summed E-state index contributed by atoms with van der Waals surface area (Å²) < 4.78 is 44.5. The highest BCUT2D eigenvalue weighted by Gasteiger charge is 2.34. The van der Waals surface area contributed by atoms with Crippen molar-refractivity contribution in [1.82, 2.24) is 4.98 Å². The van der Waals surface area contributed by atoms with E-state index in [0.29, 0.717) is 0 Å². The fourth-order valence-electron chi connectivity index (χ4n) is 1.08. The van der Waals surface area contributed by atoms with Crippen LogP contribution in [0.1, 0.15) is 5.56 Å². The van der Waals surface area contributed by atoms with Gasteiger partial charge < -0.3 is 9.47 Å². The van der Waals surface area contributed by atoms with E-state index in [4.69, 9.17) is 0 Å². The Labute approximate surface area is 107 Å². The average molecular weight is 331 g/mol. The predicted octanol–water partition coefficient (Wildman–Crippen LogP) is 2.79. The van der Waals surface area contributed by atoms with E-state index in [9.17, 15) is 23.3 Å². The average Bonchev–Trinajstić information content (AvgIpc) is 2.25. The monoisotopic (exact) mass is 330 g/mol. The fourth-order valence-corrected chi connectivity index (χ4v) is 1.49. The minimum absolute atomic E-state index is 0.0871. The number of hydrogen-bond donors (Lipinski definition) is 0. The van der Waals surface area contributed by atoms with Gasteiger partial charge >= 0.3 is 12.0 Å². The van der Waals surface area contributed by atoms with Crippen molar-refractivity contribution in [1.29, 1.82) is 0 Å². The molecule has 0 saturated carbocycles. The Balaban J connectivity index is 3.30. The zero-order valence-corrected chi connectivity index (χ0v) is 10.4. The summed E-state index contributed by atoms with van der Waals surface area (Å²) in [6, 6.07) is 0.904. The number of nitrogens with zero attached hydrogens (tertiary/aromatic N) is 2. The van der Waals surface area contributed by atoms with Crippen molar-refractivity contribution < 1.29 is 27.6 Å². The Morgan fingerprint density at radius 3 is 2.50 bits per heavy atom. The van der Waals surface area contributed by atoms with E-state index in [2.05, 4.69) is 30.4 Å². The third kappa shape index (κ3) is 3.45. The molecule has 0 unspecified atom stereocenters. The van der Waals surface area contributed by atoms with Gasteiger partial charge in [0.1, 0.15) is 0 Å². The van der Waals surface area contributed by atoms with Crippen LogP contribution >= 0.6 is 15.9 Å². The molecule has 100 valence electrons. The van der Waals surface area contributed by atoms with Crippen molar-refractivity contribution in [3.05, 3.63) is 21.7 Å². The Bertz CT molecular complexity index is 466.